The van der Waals surface area contributed by atoms with Crippen molar-refractivity contribution in [3.05, 3.63) is 35.3 Å². The van der Waals surface area contributed by atoms with Crippen molar-refractivity contribution in [3.8, 4) is 12.3 Å². The maximum Gasteiger partial charge on any atom is 0.418 e. The number of ether oxygens (including phenoxy) is 1. The summed E-state index contributed by atoms with van der Waals surface area (Å²) in [4.78, 5) is 0. The van der Waals surface area contributed by atoms with Gasteiger partial charge in [0, 0.05) is 18.4 Å². The Kier molecular flexibility index (Phi) is 6.41. The summed E-state index contributed by atoms with van der Waals surface area (Å²) in [6.45, 7) is 8.86. The number of alkyl halides is 3. The van der Waals surface area contributed by atoms with Gasteiger partial charge in [-0.2, -0.15) is 13.2 Å². The molecule has 140 valence electrons. The van der Waals surface area contributed by atoms with E-state index in [9.17, 15) is 23.4 Å². The Morgan fingerprint density at radius 2 is 2.04 bits per heavy atom. The first-order valence-corrected chi connectivity index (χ1v) is 8.05. The average molecular weight is 358 g/mol. The van der Waals surface area contributed by atoms with E-state index in [0.717, 1.165) is 0 Å². The second-order valence-electron chi connectivity index (χ2n) is 6.71. The number of terminal acetylenes is 1. The van der Waals surface area contributed by atoms with Crippen LogP contribution in [0.5, 0.6) is 0 Å². The molecule has 0 radical (unpaired) electrons. The molecule has 2 N–H and O–H groups in total. The molecule has 0 amide bonds. The predicted molar refractivity (Wildman–Crippen MR) is 90.6 cm³/mol. The fourth-order valence-electron chi connectivity index (χ4n) is 3.03. The summed E-state index contributed by atoms with van der Waals surface area (Å²) in [5.41, 5.74) is -2.70. The van der Waals surface area contributed by atoms with E-state index in [1.807, 2.05) is 5.92 Å². The average Bonchev–Trinajstić information content (AvgIpc) is 2.92. The Labute approximate surface area is 146 Å². The largest absolute Gasteiger partial charge is 0.509 e. The molecule has 1 aliphatic rings. The number of halogens is 3. The van der Waals surface area contributed by atoms with Crippen molar-refractivity contribution in [2.75, 3.05) is 6.61 Å². The molecule has 1 aliphatic heterocycles. The summed E-state index contributed by atoms with van der Waals surface area (Å²) in [6.07, 6.45) is 1.15. The molecule has 0 aromatic heterocycles. The van der Waals surface area contributed by atoms with Crippen LogP contribution in [-0.4, -0.2) is 28.6 Å². The van der Waals surface area contributed by atoms with Crippen LogP contribution in [0.4, 0.5) is 13.2 Å². The van der Waals surface area contributed by atoms with Gasteiger partial charge in [-0.25, -0.2) is 0 Å². The van der Waals surface area contributed by atoms with Gasteiger partial charge in [0.15, 0.2) is 5.60 Å². The van der Waals surface area contributed by atoms with E-state index in [4.69, 9.17) is 11.2 Å². The topological polar surface area (TPSA) is 49.7 Å². The van der Waals surface area contributed by atoms with Crippen LogP contribution in [0.3, 0.4) is 0 Å². The first-order chi connectivity index (χ1) is 11.4. The molecule has 0 aromatic carbocycles. The molecule has 0 saturated carbocycles. The second-order valence-corrected chi connectivity index (χ2v) is 6.71. The number of allylic oxidation sites excluding steroid dienone is 3. The SMILES string of the molecule is C#CCC(O)(CC(C)(CC)/C(C)=C1\OCC\C1=C\C(=C)O)C(F)(F)F. The van der Waals surface area contributed by atoms with Gasteiger partial charge in [-0.1, -0.05) is 20.4 Å². The van der Waals surface area contributed by atoms with E-state index >= 15 is 0 Å². The maximum atomic E-state index is 13.4. The van der Waals surface area contributed by atoms with Gasteiger partial charge in [0.2, 0.25) is 0 Å². The van der Waals surface area contributed by atoms with Gasteiger partial charge in [-0.3, -0.25) is 0 Å². The predicted octanol–water partition coefficient (Wildman–Crippen LogP) is 4.80. The molecule has 3 nitrogen and oxygen atoms in total. The van der Waals surface area contributed by atoms with E-state index in [-0.39, 0.29) is 5.76 Å². The molecule has 2 atom stereocenters. The fourth-order valence-corrected chi connectivity index (χ4v) is 3.03. The van der Waals surface area contributed by atoms with Gasteiger partial charge < -0.3 is 14.9 Å². The summed E-state index contributed by atoms with van der Waals surface area (Å²) in [6, 6.07) is 0. The summed E-state index contributed by atoms with van der Waals surface area (Å²) < 4.78 is 45.8. The fraction of sp³-hybridized carbons (Fsp3) is 0.579. The molecule has 2 unspecified atom stereocenters. The van der Waals surface area contributed by atoms with Crippen LogP contribution in [0.1, 0.15) is 46.5 Å². The first-order valence-electron chi connectivity index (χ1n) is 8.05. The third-order valence-electron chi connectivity index (χ3n) is 4.88. The minimum Gasteiger partial charge on any atom is -0.509 e. The van der Waals surface area contributed by atoms with Gasteiger partial charge >= 0.3 is 6.18 Å². The van der Waals surface area contributed by atoms with Gasteiger partial charge in [0.1, 0.15) is 11.5 Å². The minimum absolute atomic E-state index is 0.150. The van der Waals surface area contributed by atoms with Crippen LogP contribution in [0, 0.1) is 17.8 Å². The summed E-state index contributed by atoms with van der Waals surface area (Å²) in [5, 5.41) is 19.6. The summed E-state index contributed by atoms with van der Waals surface area (Å²) in [5.74, 6) is 2.23. The van der Waals surface area contributed by atoms with Crippen LogP contribution in [0.25, 0.3) is 0 Å². The zero-order chi connectivity index (χ0) is 19.5. The quantitative estimate of drug-likeness (QED) is 0.530. The van der Waals surface area contributed by atoms with Crippen LogP contribution in [0.2, 0.25) is 0 Å². The summed E-state index contributed by atoms with van der Waals surface area (Å²) >= 11 is 0. The molecule has 0 bridgehead atoms. The molecule has 0 aromatic rings. The zero-order valence-electron chi connectivity index (χ0n) is 14.8. The third-order valence-corrected chi connectivity index (χ3v) is 4.88. The van der Waals surface area contributed by atoms with E-state index in [1.54, 1.807) is 20.8 Å². The molecule has 0 aliphatic carbocycles. The molecule has 1 heterocycles. The highest BCUT2D eigenvalue weighted by Gasteiger charge is 2.56. The van der Waals surface area contributed by atoms with Gasteiger partial charge in [0.05, 0.1) is 6.61 Å². The van der Waals surface area contributed by atoms with Gasteiger partial charge in [0.25, 0.3) is 0 Å². The van der Waals surface area contributed by atoms with E-state index in [0.29, 0.717) is 36.4 Å². The number of aliphatic hydroxyl groups excluding tert-OH is 1. The standard InChI is InChI=1S/C19H25F3O3/c1-6-9-18(24,19(20,21)22)12-17(5,7-2)14(4)16-15(8-10-25-16)11-13(3)23/h1,11,23-24H,3,7-10,12H2,2,4-5H3/b15-11-,16-14-. The molecule has 25 heavy (non-hydrogen) atoms. The lowest BCUT2D eigenvalue weighted by atomic mass is 9.70. The minimum atomic E-state index is -4.84. The highest BCUT2D eigenvalue weighted by Crippen LogP contribution is 2.48. The third kappa shape index (κ3) is 4.60. The van der Waals surface area contributed by atoms with E-state index in [1.165, 1.54) is 6.08 Å². The van der Waals surface area contributed by atoms with Crippen LogP contribution < -0.4 is 0 Å². The lowest BCUT2D eigenvalue weighted by Gasteiger charge is -2.39. The molecule has 0 spiro atoms. The number of hydrogen-bond donors (Lipinski definition) is 2. The van der Waals surface area contributed by atoms with Crippen molar-refractivity contribution in [1.29, 1.82) is 0 Å². The van der Waals surface area contributed by atoms with Gasteiger partial charge in [-0.05, 0) is 36.8 Å². The monoisotopic (exact) mass is 358 g/mol. The molecule has 1 saturated heterocycles. The molecular weight excluding hydrogens is 333 g/mol. The van der Waals surface area contributed by atoms with Crippen molar-refractivity contribution < 1.29 is 28.1 Å². The van der Waals surface area contributed by atoms with Crippen molar-refractivity contribution in [3.63, 3.8) is 0 Å². The Bertz CT molecular complexity index is 625. The molecule has 6 heteroatoms. The highest BCUT2D eigenvalue weighted by molar-refractivity contribution is 5.38. The zero-order valence-corrected chi connectivity index (χ0v) is 14.8. The lowest BCUT2D eigenvalue weighted by molar-refractivity contribution is -0.267. The van der Waals surface area contributed by atoms with Crippen LogP contribution >= 0.6 is 0 Å². The van der Waals surface area contributed by atoms with Gasteiger partial charge in [-0.15, -0.1) is 12.3 Å². The smallest absolute Gasteiger partial charge is 0.418 e. The van der Waals surface area contributed by atoms with Crippen molar-refractivity contribution in [2.45, 2.75) is 58.2 Å². The second kappa shape index (κ2) is 7.57. The number of rotatable bonds is 6. The Morgan fingerprint density at radius 3 is 2.48 bits per heavy atom. The first kappa shape index (κ1) is 21.2. The Hall–Kier alpha value is -1.87. The normalized spacial score (nSPS) is 23.4. The molecule has 1 fully saturated rings. The maximum absolute atomic E-state index is 13.4. The lowest BCUT2D eigenvalue weighted by Crippen LogP contribution is -2.48. The van der Waals surface area contributed by atoms with E-state index in [2.05, 4.69) is 6.58 Å². The summed E-state index contributed by atoms with van der Waals surface area (Å²) in [7, 11) is 0. The number of aliphatic hydroxyl groups is 2. The van der Waals surface area contributed by atoms with Crippen LogP contribution in [0.15, 0.2) is 35.3 Å². The van der Waals surface area contributed by atoms with Crippen molar-refractivity contribution in [2.24, 2.45) is 5.41 Å². The van der Waals surface area contributed by atoms with Crippen molar-refractivity contribution >= 4 is 0 Å². The molecule has 1 rings (SSSR count). The highest BCUT2D eigenvalue weighted by atomic mass is 19.4. The Morgan fingerprint density at radius 1 is 1.44 bits per heavy atom. The Balaban J connectivity index is 3.36. The van der Waals surface area contributed by atoms with Crippen molar-refractivity contribution in [1.82, 2.24) is 0 Å². The molecular formula is C19H25F3O3. The van der Waals surface area contributed by atoms with E-state index < -0.39 is 30.0 Å². The van der Waals surface area contributed by atoms with Crippen LogP contribution in [-0.2, 0) is 4.74 Å². The number of hydrogen-bond acceptors (Lipinski definition) is 3.